The van der Waals surface area contributed by atoms with Crippen molar-refractivity contribution >= 4 is 27.3 Å². The largest absolute Gasteiger partial charge is 0.318 e. The molecule has 0 saturated heterocycles. The third-order valence-electron chi connectivity index (χ3n) is 5.09. The van der Waals surface area contributed by atoms with Crippen LogP contribution in [0.4, 0.5) is 4.39 Å². The van der Waals surface area contributed by atoms with E-state index in [1.165, 1.54) is 28.8 Å². The number of benzene rings is 2. The molecule has 0 amide bonds. The maximum atomic E-state index is 13.6. The summed E-state index contributed by atoms with van der Waals surface area (Å²) in [5, 5.41) is 0.190. The normalized spacial score (nSPS) is 13.2. The van der Waals surface area contributed by atoms with E-state index in [0.717, 1.165) is 0 Å². The first-order valence-corrected chi connectivity index (χ1v) is 11.4. The summed E-state index contributed by atoms with van der Waals surface area (Å²) in [5.41, 5.74) is 3.42. The smallest absolute Gasteiger partial charge is 0.250 e. The van der Waals surface area contributed by atoms with Crippen molar-refractivity contribution in [3.8, 4) is 11.1 Å². The monoisotopic (exact) mass is 459 g/mol. The summed E-state index contributed by atoms with van der Waals surface area (Å²) in [6.45, 7) is 2.15. The third kappa shape index (κ3) is 3.94. The summed E-state index contributed by atoms with van der Waals surface area (Å²) in [4.78, 5) is 17.0. The quantitative estimate of drug-likeness (QED) is 0.648. The van der Waals surface area contributed by atoms with E-state index in [9.17, 15) is 17.6 Å². The molecule has 1 aromatic heterocycles. The summed E-state index contributed by atoms with van der Waals surface area (Å²) in [6, 6.07) is 10.3. The van der Waals surface area contributed by atoms with Crippen LogP contribution in [0, 0.1) is 5.82 Å². The fourth-order valence-electron chi connectivity index (χ4n) is 3.60. The highest BCUT2D eigenvalue weighted by molar-refractivity contribution is 7.89. The molecule has 0 spiro atoms. The maximum Gasteiger partial charge on any atom is 0.250 e. The van der Waals surface area contributed by atoms with Gasteiger partial charge in [-0.05, 0) is 41.5 Å². The number of pyridine rings is 1. The van der Waals surface area contributed by atoms with Crippen LogP contribution in [0.1, 0.15) is 23.6 Å². The number of sulfonamides is 1. The fraction of sp³-hybridized carbons (Fsp3) is 0.182. The van der Waals surface area contributed by atoms with Crippen LogP contribution in [-0.2, 0) is 23.6 Å². The Kier molecular flexibility index (Phi) is 5.55. The van der Waals surface area contributed by atoms with E-state index in [2.05, 4.69) is 9.71 Å². The van der Waals surface area contributed by atoms with Gasteiger partial charge >= 0.3 is 0 Å². The van der Waals surface area contributed by atoms with Crippen LogP contribution < -0.4 is 10.3 Å². The third-order valence-corrected chi connectivity index (χ3v) is 6.94. The van der Waals surface area contributed by atoms with Crippen LogP contribution in [0.25, 0.3) is 11.1 Å². The summed E-state index contributed by atoms with van der Waals surface area (Å²) < 4.78 is 42.8. The minimum Gasteiger partial charge on any atom is -0.318 e. The number of aryl methyl sites for hydroxylation is 1. The zero-order chi connectivity index (χ0) is 22.3. The second kappa shape index (κ2) is 8.03. The van der Waals surface area contributed by atoms with Crippen molar-refractivity contribution < 1.29 is 12.8 Å². The minimum atomic E-state index is -3.71. The van der Waals surface area contributed by atoms with Crippen LogP contribution in [0.3, 0.4) is 0 Å². The highest BCUT2D eigenvalue weighted by Gasteiger charge is 2.24. The van der Waals surface area contributed by atoms with Crippen molar-refractivity contribution in [3.05, 3.63) is 86.5 Å². The molecule has 1 aliphatic rings. The first kappa shape index (κ1) is 21.4. The van der Waals surface area contributed by atoms with Crippen molar-refractivity contribution in [2.45, 2.75) is 18.4 Å². The van der Waals surface area contributed by atoms with Gasteiger partial charge in [-0.15, -0.1) is 0 Å². The van der Waals surface area contributed by atoms with Crippen LogP contribution in [-0.4, -0.2) is 25.2 Å². The number of nitrogens with one attached hydrogen (secondary N) is 1. The van der Waals surface area contributed by atoms with Gasteiger partial charge < -0.3 is 4.57 Å². The average molecular weight is 460 g/mol. The molecule has 0 fully saturated rings. The Morgan fingerprint density at radius 3 is 2.55 bits per heavy atom. The van der Waals surface area contributed by atoms with Gasteiger partial charge in [0.25, 0.3) is 5.56 Å². The summed E-state index contributed by atoms with van der Waals surface area (Å²) in [5.74, 6) is -0.471. The van der Waals surface area contributed by atoms with Crippen molar-refractivity contribution in [1.82, 2.24) is 9.29 Å². The molecule has 0 radical (unpaired) electrons. The molecule has 4 rings (SSSR count). The molecule has 0 aliphatic carbocycles. The number of aromatic nitrogens is 1. The van der Waals surface area contributed by atoms with Crippen LogP contribution in [0.2, 0.25) is 5.02 Å². The van der Waals surface area contributed by atoms with Gasteiger partial charge in [-0.2, -0.15) is 0 Å². The van der Waals surface area contributed by atoms with E-state index in [1.807, 2.05) is 0 Å². The van der Waals surface area contributed by atoms with E-state index in [0.29, 0.717) is 33.5 Å². The Hall–Kier alpha value is -2.81. The highest BCUT2D eigenvalue weighted by atomic mass is 35.5. The Bertz CT molecular complexity index is 1400. The van der Waals surface area contributed by atoms with Gasteiger partial charge in [0.15, 0.2) is 0 Å². The van der Waals surface area contributed by atoms with Crippen LogP contribution in [0.5, 0.6) is 0 Å². The lowest BCUT2D eigenvalue weighted by Gasteiger charge is -2.15. The fourth-order valence-corrected chi connectivity index (χ4v) is 4.92. The first-order valence-electron chi connectivity index (χ1n) is 9.55. The number of rotatable bonds is 4. The van der Waals surface area contributed by atoms with Gasteiger partial charge in [0.2, 0.25) is 10.0 Å². The van der Waals surface area contributed by atoms with Gasteiger partial charge in [-0.25, -0.2) is 17.5 Å². The molecule has 31 heavy (non-hydrogen) atoms. The molecule has 1 N–H and O–H groups in total. The summed E-state index contributed by atoms with van der Waals surface area (Å²) >= 11 is 6.31. The van der Waals surface area contributed by atoms with Crippen molar-refractivity contribution in [3.63, 3.8) is 0 Å². The standard InChI is InChI=1S/C22H19ClFN3O3S/c1-3-26-31(29,30)15-5-7-16-18(10-15)19-12-27(2)21(28)8-13(19)11-25-22(16)17-6-4-14(24)9-20(17)23/h4-10,12,26H,3,11H2,1-2H3. The number of hydrogen-bond donors (Lipinski definition) is 1. The lowest BCUT2D eigenvalue weighted by molar-refractivity contribution is 0.584. The van der Waals surface area contributed by atoms with Crippen molar-refractivity contribution in [2.24, 2.45) is 12.0 Å². The molecule has 0 saturated carbocycles. The van der Waals surface area contributed by atoms with E-state index >= 15 is 0 Å². The minimum absolute atomic E-state index is 0.0966. The molecule has 0 atom stereocenters. The highest BCUT2D eigenvalue weighted by Crippen LogP contribution is 2.35. The number of fused-ring (bicyclic) bond motifs is 3. The molecule has 1 aliphatic heterocycles. The van der Waals surface area contributed by atoms with E-state index in [-0.39, 0.29) is 28.6 Å². The summed E-state index contributed by atoms with van der Waals surface area (Å²) in [7, 11) is -2.08. The molecule has 2 heterocycles. The lowest BCUT2D eigenvalue weighted by Crippen LogP contribution is -2.23. The van der Waals surface area contributed by atoms with Crippen LogP contribution in [0.15, 0.2) is 63.3 Å². The van der Waals surface area contributed by atoms with Crippen molar-refractivity contribution in [2.75, 3.05) is 6.54 Å². The second-order valence-corrected chi connectivity index (χ2v) is 9.33. The summed E-state index contributed by atoms with van der Waals surface area (Å²) in [6.07, 6.45) is 1.67. The molecule has 6 nitrogen and oxygen atoms in total. The Morgan fingerprint density at radius 2 is 1.84 bits per heavy atom. The first-order chi connectivity index (χ1) is 14.7. The van der Waals surface area contributed by atoms with Crippen LogP contribution >= 0.6 is 11.6 Å². The SMILES string of the molecule is CCNS(=O)(=O)c1ccc2c(c1)-c1cn(C)c(=O)cc1CN=C2c1ccc(F)cc1Cl. The average Bonchev–Trinajstić information content (AvgIpc) is 2.85. The van der Waals surface area contributed by atoms with E-state index in [4.69, 9.17) is 11.6 Å². The van der Waals surface area contributed by atoms with Gasteiger partial charge in [-0.3, -0.25) is 9.79 Å². The molecular formula is C22H19ClFN3O3S. The zero-order valence-corrected chi connectivity index (χ0v) is 18.4. The molecular weight excluding hydrogens is 441 g/mol. The van der Waals surface area contributed by atoms with E-state index in [1.54, 1.807) is 38.4 Å². The van der Waals surface area contributed by atoms with Gasteiger partial charge in [0.1, 0.15) is 5.82 Å². The number of aliphatic imine (C=N–C) groups is 1. The number of nitrogens with zero attached hydrogens (tertiary/aromatic N) is 2. The van der Waals surface area contributed by atoms with Gasteiger partial charge in [0.05, 0.1) is 22.2 Å². The predicted molar refractivity (Wildman–Crippen MR) is 119 cm³/mol. The Morgan fingerprint density at radius 1 is 1.10 bits per heavy atom. The Balaban J connectivity index is 2.02. The topological polar surface area (TPSA) is 80.5 Å². The molecule has 9 heteroatoms. The lowest BCUT2D eigenvalue weighted by atomic mass is 9.93. The molecule has 3 aromatic rings. The molecule has 2 aromatic carbocycles. The molecule has 160 valence electrons. The Labute approximate surface area is 184 Å². The number of halogens is 2. The molecule has 0 unspecified atom stereocenters. The number of hydrogen-bond acceptors (Lipinski definition) is 4. The predicted octanol–water partition coefficient (Wildman–Crippen LogP) is 3.49. The second-order valence-electron chi connectivity index (χ2n) is 7.16. The maximum absolute atomic E-state index is 13.6. The van der Waals surface area contributed by atoms with Gasteiger partial charge in [0, 0.05) is 42.5 Å². The van der Waals surface area contributed by atoms with Gasteiger partial charge in [-0.1, -0.05) is 24.6 Å². The zero-order valence-electron chi connectivity index (χ0n) is 16.8. The molecule has 0 bridgehead atoms. The van der Waals surface area contributed by atoms with Crippen molar-refractivity contribution in [1.29, 1.82) is 0 Å². The van der Waals surface area contributed by atoms with E-state index < -0.39 is 15.8 Å².